The van der Waals surface area contributed by atoms with Gasteiger partial charge in [0.2, 0.25) is 11.8 Å². The highest BCUT2D eigenvalue weighted by molar-refractivity contribution is 5.73. The van der Waals surface area contributed by atoms with Crippen molar-refractivity contribution >= 4 is 5.97 Å². The quantitative estimate of drug-likeness (QED) is 0.0724. The number of alkyl halides is 7. The minimum absolute atomic E-state index is 0.0570. The Labute approximate surface area is 671 Å². The Bertz CT molecular complexity index is 6450. The molecule has 4 aromatic carbocycles. The maximum absolute atomic E-state index is 13.5. The highest BCUT2D eigenvalue weighted by Gasteiger charge is 2.38. The van der Waals surface area contributed by atoms with E-state index in [0.717, 1.165) is 11.3 Å². The van der Waals surface area contributed by atoms with E-state index in [2.05, 4.69) is 210 Å². The third kappa shape index (κ3) is 31.5. The second kappa shape index (κ2) is 50.7. The maximum Gasteiger partial charge on any atom is 0.490 e. The number of carbonyl (C=O) groups is 1. The van der Waals surface area contributed by atoms with Gasteiger partial charge in [0.1, 0.15) is 17.2 Å². The average molecular weight is 1570 g/mol. The van der Waals surface area contributed by atoms with Crippen LogP contribution in [-0.4, -0.2) is 67.2 Å². The van der Waals surface area contributed by atoms with E-state index in [1.807, 2.05) is 44.2 Å². The predicted octanol–water partition coefficient (Wildman–Crippen LogP) is 12.5. The zero-order chi connectivity index (χ0) is 85.9. The first-order chi connectivity index (χ1) is 56.3. The van der Waals surface area contributed by atoms with E-state index >= 15 is 0 Å². The van der Waals surface area contributed by atoms with Crippen LogP contribution in [0.4, 0.5) is 30.7 Å². The lowest BCUT2D eigenvalue weighted by molar-refractivity contribution is -0.192. The number of rotatable bonds is 15. The fourth-order valence-electron chi connectivity index (χ4n) is 9.12. The molecule has 2 N–H and O–H groups in total. The number of aryl methyl sites for hydroxylation is 2. The van der Waals surface area contributed by atoms with Crippen molar-refractivity contribution in [3.8, 4) is 265 Å². The highest BCUT2D eigenvalue weighted by Crippen LogP contribution is 2.36. The number of aromatic amines is 1. The van der Waals surface area contributed by atoms with Crippen LogP contribution in [0.1, 0.15) is 72.6 Å². The zero-order valence-electron chi connectivity index (χ0n) is 63.8. The number of benzene rings is 4. The highest BCUT2D eigenvalue weighted by atomic mass is 19.4. The van der Waals surface area contributed by atoms with E-state index in [4.69, 9.17) is 40.0 Å². The van der Waals surface area contributed by atoms with Gasteiger partial charge in [0.25, 0.3) is 24.0 Å². The van der Waals surface area contributed by atoms with Crippen LogP contribution < -0.4 is 46.2 Å². The summed E-state index contributed by atoms with van der Waals surface area (Å²) in [5.74, 6) is 81.4. The van der Waals surface area contributed by atoms with E-state index in [0.29, 0.717) is 80.9 Å². The average Bonchev–Trinajstić information content (AvgIpc) is 0.788. The molecule has 8 aromatic rings. The molecule has 0 bridgehead atoms. The Hall–Kier alpha value is -17.0. The number of pyridine rings is 2. The number of halogens is 7. The lowest BCUT2D eigenvalue weighted by atomic mass is 10.0. The second-order valence-electron chi connectivity index (χ2n) is 21.7. The van der Waals surface area contributed by atoms with Crippen molar-refractivity contribution in [3.05, 3.63) is 202 Å². The summed E-state index contributed by atoms with van der Waals surface area (Å²) in [6, 6.07) is 30.2. The summed E-state index contributed by atoms with van der Waals surface area (Å²) in [7, 11) is 4.71. The molecule has 0 aliphatic heterocycles. The molecule has 0 aliphatic rings. The third-order valence-electron chi connectivity index (χ3n) is 14.2. The lowest BCUT2D eigenvalue weighted by Crippen LogP contribution is -2.42. The van der Waals surface area contributed by atoms with Crippen molar-refractivity contribution in [2.45, 2.75) is 87.1 Å². The molecule has 4 aromatic heterocycles. The molecule has 117 heavy (non-hydrogen) atoms. The molecule has 4 heterocycles. The van der Waals surface area contributed by atoms with Gasteiger partial charge in [-0.05, 0) is 245 Å². The lowest BCUT2D eigenvalue weighted by Gasteiger charge is -2.19. The Morgan fingerprint density at radius 3 is 1.20 bits per heavy atom. The number of aliphatic carboxylic acids is 1. The van der Waals surface area contributed by atoms with Crippen molar-refractivity contribution in [1.29, 1.82) is 0 Å². The van der Waals surface area contributed by atoms with E-state index in [1.165, 1.54) is 60.0 Å². The number of terminal acetylenes is 1. The largest absolute Gasteiger partial charge is 0.497 e. The predicted molar refractivity (Wildman–Crippen MR) is 430 cm³/mol. The monoisotopic (exact) mass is 1570 g/mol. The van der Waals surface area contributed by atoms with Gasteiger partial charge in [0, 0.05) is 142 Å². The Balaban J connectivity index is 0.000000340. The summed E-state index contributed by atoms with van der Waals surface area (Å²) >= 11 is 0. The molecule has 0 amide bonds. The van der Waals surface area contributed by atoms with E-state index in [1.54, 1.807) is 101 Å². The molecule has 0 fully saturated rings. The summed E-state index contributed by atoms with van der Waals surface area (Å²) in [5, 5.41) is 7.12. The fourth-order valence-corrected chi connectivity index (χ4v) is 9.12. The zero-order valence-corrected chi connectivity index (χ0v) is 63.8. The number of H-pyrrole nitrogens is 1. The SMILES string of the molecule is C#CC#CC#CC#CC#CC#CC#CC#CC#CC#CC#CC#CC#CC#CC#CC#CC#CC.CCn1c(-c2ccc(Oc3ncccc3C(F)F)cc2C)c(C)c(=O)[nH]c1=O.CCn1c(-c2ccc(Oc3ncccc3C(F)F)cc2C)c(C)c(=O)n(Cc2ccc(OC)c(OC)c2)c1=O.COc1ccccc1.O=C(O)C(F)(F)F. The minimum Gasteiger partial charge on any atom is -0.497 e. The number of hydrogen-bond donors (Lipinski definition) is 2. The van der Waals surface area contributed by atoms with Crippen LogP contribution in [0, 0.1) is 229 Å². The molecule has 0 unspecified atom stereocenters. The maximum atomic E-state index is 13.5. The van der Waals surface area contributed by atoms with Gasteiger partial charge >= 0.3 is 23.5 Å². The molecule has 578 valence electrons. The van der Waals surface area contributed by atoms with Crippen LogP contribution in [0.25, 0.3) is 22.5 Å². The number of nitrogens with one attached hydrogen (secondary N) is 1. The van der Waals surface area contributed by atoms with Crippen molar-refractivity contribution in [2.24, 2.45) is 0 Å². The van der Waals surface area contributed by atoms with Gasteiger partial charge in [-0.1, -0.05) is 30.2 Å². The number of hydrogen-bond acceptors (Lipinski definition) is 12. The summed E-state index contributed by atoms with van der Waals surface area (Å²) in [6.45, 7) is 13.0. The first-order valence-electron chi connectivity index (χ1n) is 33.5. The first-order valence-corrected chi connectivity index (χ1v) is 33.5. The molecule has 17 nitrogen and oxygen atoms in total. The summed E-state index contributed by atoms with van der Waals surface area (Å²) < 4.78 is 116. The summed E-state index contributed by atoms with van der Waals surface area (Å²) in [6.07, 6.45) is -2.84. The number of carboxylic acid groups (broad SMARTS) is 1. The first kappa shape index (κ1) is 92.4. The molecular weight excluding hydrogens is 1510 g/mol. The molecule has 8 rings (SSSR count). The van der Waals surface area contributed by atoms with Crippen molar-refractivity contribution in [1.82, 2.24) is 28.7 Å². The van der Waals surface area contributed by atoms with Gasteiger partial charge in [-0.15, -0.1) is 6.42 Å². The number of carboxylic acids is 1. The number of para-hydroxylation sites is 1. The van der Waals surface area contributed by atoms with Crippen LogP contribution in [0.2, 0.25) is 0 Å². The van der Waals surface area contributed by atoms with Gasteiger partial charge in [0.05, 0.1) is 50.4 Å². The van der Waals surface area contributed by atoms with Gasteiger partial charge < -0.3 is 28.8 Å². The Morgan fingerprint density at radius 2 is 0.863 bits per heavy atom. The summed E-state index contributed by atoms with van der Waals surface area (Å²) in [5.41, 5.74) is 2.90. The standard InChI is InChI=1S/C35H4.C29H29F2N3O5.C20H19F2N3O3.C7H8O.C2HF3O2/c1-3-5-7-9-11-13-15-17-19-21-23-25-27-29-31-33-35-34-32-30-28-26-24-22-20-18-16-14-12-10-8-6-4-2;1-6-33-25(21-11-10-20(14-17(21)2)39-27-22(26(30)31)8-7-13-32-27)18(3)28(35)34(29(33)36)16-19-9-12-23(37-4)24(15-19)38-5;1-4-25-16(12(3)18(26)24-20(25)27)14-8-7-13(10-11(14)2)28-19-15(17(21)22)6-5-9-23-19;1-8-7-5-3-2-4-6-7;3-2(4,5)1(6)7/h1H,2H3;7-15,26H,6,16H2,1-5H3;5-10,17H,4H2,1-3H3,(H,24,26,27);2-6H,1H3;(H,6,7). The van der Waals surface area contributed by atoms with E-state index < -0.39 is 47.5 Å². The number of ether oxygens (including phenoxy) is 5. The van der Waals surface area contributed by atoms with Gasteiger partial charge in [-0.3, -0.25) is 28.3 Å². The van der Waals surface area contributed by atoms with Gasteiger partial charge in [-0.2, -0.15) is 13.2 Å². The molecule has 0 atom stereocenters. The number of methoxy groups -OCH3 is 3. The van der Waals surface area contributed by atoms with Crippen LogP contribution in [0.3, 0.4) is 0 Å². The van der Waals surface area contributed by atoms with Crippen LogP contribution in [0.15, 0.2) is 141 Å². The van der Waals surface area contributed by atoms with Crippen LogP contribution in [0.5, 0.6) is 40.5 Å². The number of nitrogens with zero attached hydrogens (tertiary/aromatic N) is 5. The molecule has 0 spiro atoms. The van der Waals surface area contributed by atoms with Gasteiger partial charge in [0.15, 0.2) is 11.5 Å². The van der Waals surface area contributed by atoms with Gasteiger partial charge in [-0.25, -0.2) is 41.9 Å². The minimum atomic E-state index is -5.08. The van der Waals surface area contributed by atoms with E-state index in [-0.39, 0.29) is 29.4 Å². The van der Waals surface area contributed by atoms with Crippen molar-refractivity contribution in [3.63, 3.8) is 0 Å². The molecule has 0 aliphatic carbocycles. The molecular formula is C93H61F7N6O11. The number of aromatic nitrogens is 6. The molecule has 0 radical (unpaired) electrons. The van der Waals surface area contributed by atoms with Crippen LogP contribution in [-0.2, 0) is 24.4 Å². The normalized spacial score (nSPS) is 8.77. The molecule has 0 saturated carbocycles. The smallest absolute Gasteiger partial charge is 0.490 e. The Morgan fingerprint density at radius 1 is 0.479 bits per heavy atom. The molecule has 24 heteroatoms. The van der Waals surface area contributed by atoms with Crippen LogP contribution >= 0.6 is 0 Å². The fraction of sp³-hybridized carbons (Fsp3) is 0.172. The van der Waals surface area contributed by atoms with E-state index in [9.17, 15) is 49.9 Å². The van der Waals surface area contributed by atoms with Crippen molar-refractivity contribution in [2.75, 3.05) is 21.3 Å². The second-order valence-corrected chi connectivity index (χ2v) is 21.7. The van der Waals surface area contributed by atoms with Crippen molar-refractivity contribution < 1.29 is 64.3 Å². The third-order valence-corrected chi connectivity index (χ3v) is 14.2. The topological polar surface area (TPSA) is 208 Å². The molecule has 0 saturated heterocycles. The Kier molecular flexibility index (Phi) is 40.0. The summed E-state index contributed by atoms with van der Waals surface area (Å²) in [4.78, 5) is 70.2.